The van der Waals surface area contributed by atoms with Crippen LogP contribution in [0.4, 0.5) is 4.39 Å². The molecule has 2 nitrogen and oxygen atoms in total. The van der Waals surface area contributed by atoms with E-state index in [-0.39, 0.29) is 5.56 Å². The van der Waals surface area contributed by atoms with Gasteiger partial charge in [-0.25, -0.2) is 4.39 Å². The van der Waals surface area contributed by atoms with Gasteiger partial charge in [-0.1, -0.05) is 11.6 Å². The van der Waals surface area contributed by atoms with Crippen molar-refractivity contribution in [3.8, 4) is 0 Å². The van der Waals surface area contributed by atoms with E-state index in [4.69, 9.17) is 17.3 Å². The molecule has 3 N–H and O–H groups in total. The second-order valence-electron chi connectivity index (χ2n) is 3.22. The maximum atomic E-state index is 13.3. The fraction of sp³-hybridized carbons (Fsp3) is 0.400. The van der Waals surface area contributed by atoms with Crippen molar-refractivity contribution in [1.29, 1.82) is 0 Å². The lowest BCUT2D eigenvalue weighted by atomic mass is 10.0. The third-order valence-electron chi connectivity index (χ3n) is 2.08. The lowest BCUT2D eigenvalue weighted by Gasteiger charge is -2.12. The van der Waals surface area contributed by atoms with E-state index in [1.807, 2.05) is 0 Å². The Morgan fingerprint density at radius 1 is 1.57 bits per heavy atom. The Labute approximate surface area is 87.5 Å². The number of nitrogens with two attached hydrogens (primary N) is 1. The topological polar surface area (TPSA) is 46.2 Å². The van der Waals surface area contributed by atoms with Crippen molar-refractivity contribution < 1.29 is 9.50 Å². The van der Waals surface area contributed by atoms with Crippen LogP contribution in [-0.4, -0.2) is 11.7 Å². The number of aliphatic hydroxyl groups is 1. The summed E-state index contributed by atoms with van der Waals surface area (Å²) < 4.78 is 13.3. The molecule has 0 amide bonds. The highest BCUT2D eigenvalue weighted by molar-refractivity contribution is 6.31. The van der Waals surface area contributed by atoms with Crippen LogP contribution in [0.15, 0.2) is 12.1 Å². The highest BCUT2D eigenvalue weighted by Crippen LogP contribution is 2.25. The molecule has 0 heterocycles. The van der Waals surface area contributed by atoms with Gasteiger partial charge in [-0.15, -0.1) is 0 Å². The summed E-state index contributed by atoms with van der Waals surface area (Å²) in [4.78, 5) is 0. The average molecular weight is 218 g/mol. The smallest absolute Gasteiger partial charge is 0.129 e. The number of hydrogen-bond donors (Lipinski definition) is 2. The van der Waals surface area contributed by atoms with Crippen molar-refractivity contribution in [1.82, 2.24) is 0 Å². The molecule has 1 aromatic rings. The predicted octanol–water partition coefficient (Wildman–Crippen LogP) is 2.17. The first kappa shape index (κ1) is 11.4. The van der Waals surface area contributed by atoms with Crippen molar-refractivity contribution in [2.24, 2.45) is 5.73 Å². The SMILES string of the molecule is Cc1cc(F)c(C(O)CCN)cc1Cl. The molecule has 0 saturated heterocycles. The molecule has 0 aliphatic carbocycles. The maximum absolute atomic E-state index is 13.3. The summed E-state index contributed by atoms with van der Waals surface area (Å²) in [7, 11) is 0. The Bertz CT molecular complexity index is 330. The predicted molar refractivity (Wildman–Crippen MR) is 54.8 cm³/mol. The van der Waals surface area contributed by atoms with Crippen LogP contribution in [0, 0.1) is 12.7 Å². The van der Waals surface area contributed by atoms with Gasteiger partial charge in [-0.3, -0.25) is 0 Å². The number of aryl methyl sites for hydroxylation is 1. The lowest BCUT2D eigenvalue weighted by Crippen LogP contribution is -2.08. The molecule has 0 aromatic heterocycles. The fourth-order valence-corrected chi connectivity index (χ4v) is 1.40. The van der Waals surface area contributed by atoms with Gasteiger partial charge in [0.25, 0.3) is 0 Å². The summed E-state index contributed by atoms with van der Waals surface area (Å²) >= 11 is 5.82. The molecule has 1 unspecified atom stereocenters. The minimum absolute atomic E-state index is 0.214. The van der Waals surface area contributed by atoms with E-state index in [1.54, 1.807) is 6.92 Å². The van der Waals surface area contributed by atoms with E-state index in [0.29, 0.717) is 23.6 Å². The van der Waals surface area contributed by atoms with Crippen LogP contribution in [0.25, 0.3) is 0 Å². The van der Waals surface area contributed by atoms with Crippen molar-refractivity contribution in [3.05, 3.63) is 34.1 Å². The third kappa shape index (κ3) is 2.44. The zero-order chi connectivity index (χ0) is 10.7. The summed E-state index contributed by atoms with van der Waals surface area (Å²) in [5.41, 5.74) is 6.14. The number of rotatable bonds is 3. The Kier molecular flexibility index (Phi) is 3.86. The summed E-state index contributed by atoms with van der Waals surface area (Å²) in [6.07, 6.45) is -0.547. The number of hydrogen-bond acceptors (Lipinski definition) is 2. The fourth-order valence-electron chi connectivity index (χ4n) is 1.23. The Morgan fingerprint density at radius 3 is 2.79 bits per heavy atom. The molecule has 1 rings (SSSR count). The second-order valence-corrected chi connectivity index (χ2v) is 3.62. The minimum atomic E-state index is -0.877. The third-order valence-corrected chi connectivity index (χ3v) is 2.48. The van der Waals surface area contributed by atoms with Gasteiger partial charge < -0.3 is 10.8 Å². The Hall–Kier alpha value is -0.640. The largest absolute Gasteiger partial charge is 0.388 e. The molecule has 14 heavy (non-hydrogen) atoms. The second kappa shape index (κ2) is 4.73. The molecule has 1 atom stereocenters. The van der Waals surface area contributed by atoms with Crippen LogP contribution in [0.1, 0.15) is 23.7 Å². The highest BCUT2D eigenvalue weighted by atomic mass is 35.5. The number of aliphatic hydroxyl groups excluding tert-OH is 1. The number of halogens is 2. The molecule has 4 heteroatoms. The zero-order valence-corrected chi connectivity index (χ0v) is 8.68. The van der Waals surface area contributed by atoms with Gasteiger partial charge in [0.2, 0.25) is 0 Å². The molecule has 0 aliphatic rings. The molecule has 0 radical (unpaired) electrons. The quantitative estimate of drug-likeness (QED) is 0.815. The maximum Gasteiger partial charge on any atom is 0.129 e. The van der Waals surface area contributed by atoms with Crippen molar-refractivity contribution >= 4 is 11.6 Å². The molecule has 1 aromatic carbocycles. The summed E-state index contributed by atoms with van der Waals surface area (Å²) in [6, 6.07) is 2.77. The minimum Gasteiger partial charge on any atom is -0.388 e. The van der Waals surface area contributed by atoms with Crippen LogP contribution >= 0.6 is 11.6 Å². The monoisotopic (exact) mass is 217 g/mol. The molecule has 0 spiro atoms. The highest BCUT2D eigenvalue weighted by Gasteiger charge is 2.13. The van der Waals surface area contributed by atoms with Gasteiger partial charge in [0.05, 0.1) is 6.10 Å². The molecule has 0 bridgehead atoms. The van der Waals surface area contributed by atoms with E-state index in [2.05, 4.69) is 0 Å². The van der Waals surface area contributed by atoms with Crippen molar-refractivity contribution in [2.75, 3.05) is 6.54 Å². The normalized spacial score (nSPS) is 12.9. The standard InChI is InChI=1S/C10H13ClFNO/c1-6-4-9(12)7(5-8(6)11)10(14)2-3-13/h4-5,10,14H,2-3,13H2,1H3. The van der Waals surface area contributed by atoms with E-state index in [0.717, 1.165) is 0 Å². The first-order chi connectivity index (χ1) is 6.56. The van der Waals surface area contributed by atoms with Crippen LogP contribution in [0.3, 0.4) is 0 Å². The molecule has 0 aliphatic heterocycles. The molecular weight excluding hydrogens is 205 g/mol. The Balaban J connectivity index is 3.02. The van der Waals surface area contributed by atoms with Crippen LogP contribution in [-0.2, 0) is 0 Å². The van der Waals surface area contributed by atoms with Gasteiger partial charge in [0.15, 0.2) is 0 Å². The first-order valence-electron chi connectivity index (χ1n) is 4.40. The molecule has 78 valence electrons. The van der Waals surface area contributed by atoms with E-state index >= 15 is 0 Å². The van der Waals surface area contributed by atoms with E-state index < -0.39 is 11.9 Å². The first-order valence-corrected chi connectivity index (χ1v) is 4.77. The van der Waals surface area contributed by atoms with E-state index in [9.17, 15) is 9.50 Å². The van der Waals surface area contributed by atoms with E-state index in [1.165, 1.54) is 12.1 Å². The summed E-state index contributed by atoms with van der Waals surface area (Å²) in [5, 5.41) is 9.99. The molecule has 0 fully saturated rings. The number of benzene rings is 1. The van der Waals surface area contributed by atoms with Gasteiger partial charge in [-0.2, -0.15) is 0 Å². The summed E-state index contributed by atoms with van der Waals surface area (Å²) in [6.45, 7) is 2.02. The average Bonchev–Trinajstić information content (AvgIpc) is 2.11. The van der Waals surface area contributed by atoms with Crippen LogP contribution in [0.2, 0.25) is 5.02 Å². The van der Waals surface area contributed by atoms with Gasteiger partial charge in [0, 0.05) is 10.6 Å². The van der Waals surface area contributed by atoms with Gasteiger partial charge in [-0.05, 0) is 37.6 Å². The lowest BCUT2D eigenvalue weighted by molar-refractivity contribution is 0.165. The Morgan fingerprint density at radius 2 is 2.21 bits per heavy atom. The zero-order valence-electron chi connectivity index (χ0n) is 7.93. The van der Waals surface area contributed by atoms with Crippen LogP contribution < -0.4 is 5.73 Å². The molecule has 0 saturated carbocycles. The van der Waals surface area contributed by atoms with Crippen molar-refractivity contribution in [3.63, 3.8) is 0 Å². The van der Waals surface area contributed by atoms with Gasteiger partial charge in [0.1, 0.15) is 5.82 Å². The molecular formula is C10H13ClFNO. The van der Waals surface area contributed by atoms with Gasteiger partial charge >= 0.3 is 0 Å². The van der Waals surface area contributed by atoms with Crippen LogP contribution in [0.5, 0.6) is 0 Å². The summed E-state index contributed by atoms with van der Waals surface area (Å²) in [5.74, 6) is -0.437. The van der Waals surface area contributed by atoms with Crippen molar-refractivity contribution in [2.45, 2.75) is 19.4 Å².